The first kappa shape index (κ1) is 17.7. The van der Waals surface area contributed by atoms with Crippen molar-refractivity contribution in [1.82, 2.24) is 9.97 Å². The molecule has 0 aliphatic heterocycles. The molecule has 1 aromatic heterocycles. The molecular formula is C17H32N4. The fourth-order valence-electron chi connectivity index (χ4n) is 2.19. The lowest BCUT2D eigenvalue weighted by Crippen LogP contribution is -2.12. The van der Waals surface area contributed by atoms with Crippen LogP contribution in [0.2, 0.25) is 0 Å². The molecule has 0 radical (unpaired) electrons. The largest absolute Gasteiger partial charge is 0.370 e. The van der Waals surface area contributed by atoms with Crippen molar-refractivity contribution in [3.63, 3.8) is 0 Å². The lowest BCUT2D eigenvalue weighted by atomic mass is 10.1. The fraction of sp³-hybridized carbons (Fsp3) is 0.765. The molecule has 0 fully saturated rings. The molecule has 120 valence electrons. The zero-order valence-electron chi connectivity index (χ0n) is 14.4. The molecule has 0 spiro atoms. The van der Waals surface area contributed by atoms with E-state index in [1.54, 1.807) is 0 Å². The monoisotopic (exact) mass is 292 g/mol. The second-order valence-electron chi connectivity index (χ2n) is 6.06. The molecule has 21 heavy (non-hydrogen) atoms. The van der Waals surface area contributed by atoms with E-state index < -0.39 is 0 Å². The van der Waals surface area contributed by atoms with Crippen molar-refractivity contribution < 1.29 is 0 Å². The number of nitrogens with one attached hydrogen (secondary N) is 2. The van der Waals surface area contributed by atoms with Crippen LogP contribution in [0.4, 0.5) is 11.6 Å². The molecule has 1 rings (SSSR count). The van der Waals surface area contributed by atoms with E-state index in [0.29, 0.717) is 0 Å². The Morgan fingerprint density at radius 3 is 2.10 bits per heavy atom. The van der Waals surface area contributed by atoms with E-state index in [2.05, 4.69) is 55.2 Å². The predicted octanol–water partition coefficient (Wildman–Crippen LogP) is 4.41. The number of aromatic nitrogens is 2. The molecule has 0 aromatic carbocycles. The van der Waals surface area contributed by atoms with Crippen molar-refractivity contribution in [1.29, 1.82) is 0 Å². The number of rotatable bonds is 10. The Morgan fingerprint density at radius 2 is 1.57 bits per heavy atom. The van der Waals surface area contributed by atoms with Crippen LogP contribution in [-0.2, 0) is 6.42 Å². The Hall–Kier alpha value is -1.32. The van der Waals surface area contributed by atoms with Gasteiger partial charge in [0.05, 0.1) is 0 Å². The normalized spacial score (nSPS) is 11.0. The summed E-state index contributed by atoms with van der Waals surface area (Å²) in [4.78, 5) is 9.22. The Morgan fingerprint density at radius 1 is 0.952 bits per heavy atom. The zero-order valence-corrected chi connectivity index (χ0v) is 14.4. The lowest BCUT2D eigenvalue weighted by Gasteiger charge is -2.14. The van der Waals surface area contributed by atoms with Crippen LogP contribution in [0.25, 0.3) is 0 Å². The van der Waals surface area contributed by atoms with Crippen molar-refractivity contribution in [2.45, 2.75) is 66.7 Å². The summed E-state index contributed by atoms with van der Waals surface area (Å²) < 4.78 is 0. The molecular weight excluding hydrogens is 260 g/mol. The standard InChI is InChI=1S/C17H32N4/c1-6-11-18-16-14(5)17(21-15(7-2)20-16)19-12-9-8-10-13(3)4/h13H,6-12H2,1-5H3,(H2,18,19,20,21). The molecule has 0 amide bonds. The summed E-state index contributed by atoms with van der Waals surface area (Å²) >= 11 is 0. The molecule has 0 saturated heterocycles. The van der Waals surface area contributed by atoms with Crippen LogP contribution < -0.4 is 10.6 Å². The van der Waals surface area contributed by atoms with Gasteiger partial charge in [-0.25, -0.2) is 9.97 Å². The van der Waals surface area contributed by atoms with Crippen LogP contribution in [-0.4, -0.2) is 23.1 Å². The van der Waals surface area contributed by atoms with Crippen molar-refractivity contribution in [3.05, 3.63) is 11.4 Å². The molecule has 0 aliphatic carbocycles. The molecule has 1 aromatic rings. The van der Waals surface area contributed by atoms with Gasteiger partial charge in [0.2, 0.25) is 0 Å². The van der Waals surface area contributed by atoms with E-state index in [0.717, 1.165) is 54.9 Å². The molecule has 2 N–H and O–H groups in total. The van der Waals surface area contributed by atoms with Gasteiger partial charge in [0.25, 0.3) is 0 Å². The summed E-state index contributed by atoms with van der Waals surface area (Å²) in [5.41, 5.74) is 1.13. The van der Waals surface area contributed by atoms with E-state index in [4.69, 9.17) is 0 Å². The SMILES string of the molecule is CCCNc1nc(CC)nc(NCCCCC(C)C)c1C. The first-order valence-electron chi connectivity index (χ1n) is 8.43. The van der Waals surface area contributed by atoms with Crippen molar-refractivity contribution in [2.24, 2.45) is 5.92 Å². The average molecular weight is 292 g/mol. The van der Waals surface area contributed by atoms with E-state index in [1.165, 1.54) is 19.3 Å². The van der Waals surface area contributed by atoms with Gasteiger partial charge < -0.3 is 10.6 Å². The topological polar surface area (TPSA) is 49.8 Å². The van der Waals surface area contributed by atoms with Crippen molar-refractivity contribution in [2.75, 3.05) is 23.7 Å². The maximum Gasteiger partial charge on any atom is 0.134 e. The highest BCUT2D eigenvalue weighted by Crippen LogP contribution is 2.20. The number of anilines is 2. The Bertz CT molecular complexity index is 415. The van der Waals surface area contributed by atoms with Gasteiger partial charge in [0.1, 0.15) is 17.5 Å². The summed E-state index contributed by atoms with van der Waals surface area (Å²) in [5.74, 6) is 3.67. The quantitative estimate of drug-likeness (QED) is 0.627. The van der Waals surface area contributed by atoms with Gasteiger partial charge in [-0.3, -0.25) is 0 Å². The predicted molar refractivity (Wildman–Crippen MR) is 92.1 cm³/mol. The Balaban J connectivity index is 2.62. The maximum atomic E-state index is 4.63. The number of hydrogen-bond acceptors (Lipinski definition) is 4. The number of unbranched alkanes of at least 4 members (excludes halogenated alkanes) is 1. The van der Waals surface area contributed by atoms with Crippen LogP contribution in [0, 0.1) is 12.8 Å². The number of aryl methyl sites for hydroxylation is 1. The third-order valence-electron chi connectivity index (χ3n) is 3.55. The second kappa shape index (κ2) is 9.59. The van der Waals surface area contributed by atoms with Crippen LogP contribution in [0.5, 0.6) is 0 Å². The van der Waals surface area contributed by atoms with Gasteiger partial charge in [-0.05, 0) is 25.7 Å². The lowest BCUT2D eigenvalue weighted by molar-refractivity contribution is 0.544. The molecule has 0 unspecified atom stereocenters. The Labute approximate surface area is 130 Å². The first-order chi connectivity index (χ1) is 10.1. The molecule has 4 nitrogen and oxygen atoms in total. The maximum absolute atomic E-state index is 4.63. The average Bonchev–Trinajstić information content (AvgIpc) is 2.46. The van der Waals surface area contributed by atoms with Crippen molar-refractivity contribution >= 4 is 11.6 Å². The van der Waals surface area contributed by atoms with Gasteiger partial charge in [-0.15, -0.1) is 0 Å². The minimum Gasteiger partial charge on any atom is -0.370 e. The van der Waals surface area contributed by atoms with Crippen LogP contribution in [0.15, 0.2) is 0 Å². The van der Waals surface area contributed by atoms with Gasteiger partial charge >= 0.3 is 0 Å². The molecule has 4 heteroatoms. The highest BCUT2D eigenvalue weighted by atomic mass is 15.1. The first-order valence-corrected chi connectivity index (χ1v) is 8.43. The van der Waals surface area contributed by atoms with Gasteiger partial charge in [-0.1, -0.05) is 40.5 Å². The smallest absolute Gasteiger partial charge is 0.134 e. The van der Waals surface area contributed by atoms with E-state index in [9.17, 15) is 0 Å². The van der Waals surface area contributed by atoms with E-state index in [1.807, 2.05) is 0 Å². The van der Waals surface area contributed by atoms with Gasteiger partial charge in [0, 0.05) is 25.1 Å². The molecule has 0 saturated carbocycles. The highest BCUT2D eigenvalue weighted by molar-refractivity contribution is 5.57. The Kier molecular flexibility index (Phi) is 8.09. The van der Waals surface area contributed by atoms with Crippen LogP contribution in [0.3, 0.4) is 0 Å². The molecule has 1 heterocycles. The van der Waals surface area contributed by atoms with E-state index in [-0.39, 0.29) is 0 Å². The summed E-state index contributed by atoms with van der Waals surface area (Å²) in [6.07, 6.45) is 5.73. The van der Waals surface area contributed by atoms with Crippen LogP contribution in [0.1, 0.15) is 64.8 Å². The summed E-state index contributed by atoms with van der Waals surface area (Å²) in [6, 6.07) is 0. The summed E-state index contributed by atoms with van der Waals surface area (Å²) in [6.45, 7) is 12.9. The molecule has 0 atom stereocenters. The fourth-order valence-corrected chi connectivity index (χ4v) is 2.19. The third kappa shape index (κ3) is 6.32. The van der Waals surface area contributed by atoms with Gasteiger partial charge in [-0.2, -0.15) is 0 Å². The van der Waals surface area contributed by atoms with E-state index >= 15 is 0 Å². The van der Waals surface area contributed by atoms with Crippen molar-refractivity contribution in [3.8, 4) is 0 Å². The van der Waals surface area contributed by atoms with Gasteiger partial charge in [0.15, 0.2) is 0 Å². The molecule has 0 bridgehead atoms. The minimum absolute atomic E-state index is 0.794. The minimum atomic E-state index is 0.794. The highest BCUT2D eigenvalue weighted by Gasteiger charge is 2.09. The number of nitrogens with zero attached hydrogens (tertiary/aromatic N) is 2. The third-order valence-corrected chi connectivity index (χ3v) is 3.55. The summed E-state index contributed by atoms with van der Waals surface area (Å²) in [7, 11) is 0. The summed E-state index contributed by atoms with van der Waals surface area (Å²) in [5, 5.41) is 6.89. The molecule has 0 aliphatic rings. The zero-order chi connectivity index (χ0) is 15.7. The second-order valence-corrected chi connectivity index (χ2v) is 6.06. The van der Waals surface area contributed by atoms with Crippen LogP contribution >= 0.6 is 0 Å². The number of hydrogen-bond donors (Lipinski definition) is 2.